The molecule has 1 saturated carbocycles. The third-order valence-corrected chi connectivity index (χ3v) is 5.80. The molecule has 4 nitrogen and oxygen atoms in total. The number of phenols is 1. The molecule has 1 aliphatic rings. The van der Waals surface area contributed by atoms with Crippen molar-refractivity contribution in [1.29, 1.82) is 0 Å². The predicted octanol–water partition coefficient (Wildman–Crippen LogP) is 5.72. The Kier molecular flexibility index (Phi) is 4.19. The van der Waals surface area contributed by atoms with Crippen LogP contribution in [0.25, 0.3) is 11.0 Å². The van der Waals surface area contributed by atoms with Gasteiger partial charge in [-0.25, -0.2) is 9.97 Å². The van der Waals surface area contributed by atoms with Gasteiger partial charge in [0.2, 0.25) is 0 Å². The Hall–Kier alpha value is -1.30. The molecule has 0 amide bonds. The van der Waals surface area contributed by atoms with Gasteiger partial charge in [0.05, 0.1) is 5.39 Å². The second-order valence-electron chi connectivity index (χ2n) is 6.15. The van der Waals surface area contributed by atoms with Gasteiger partial charge in [-0.15, -0.1) is 0 Å². The second-order valence-corrected chi connectivity index (χ2v) is 7.80. The Labute approximate surface area is 157 Å². The molecule has 0 radical (unpaired) electrons. The van der Waals surface area contributed by atoms with Crippen LogP contribution in [0.15, 0.2) is 35.2 Å². The number of aromatic hydroxyl groups is 1. The minimum Gasteiger partial charge on any atom is -0.508 e. The summed E-state index contributed by atoms with van der Waals surface area (Å²) in [5.41, 5.74) is 1.94. The summed E-state index contributed by atoms with van der Waals surface area (Å²) in [6.45, 7) is 0. The zero-order valence-electron chi connectivity index (χ0n) is 12.6. The summed E-state index contributed by atoms with van der Waals surface area (Å²) in [6.07, 6.45) is 6.58. The lowest BCUT2D eigenvalue weighted by atomic mass is 9.97. The monoisotopic (exact) mass is 425 g/mol. The molecule has 0 bridgehead atoms. The highest BCUT2D eigenvalue weighted by molar-refractivity contribution is 9.10. The maximum absolute atomic E-state index is 9.78. The van der Waals surface area contributed by atoms with Crippen molar-refractivity contribution in [1.82, 2.24) is 14.5 Å². The SMILES string of the molecule is Oc1cc(Cl)cc(C2CCC(n3cc(Br)c4c(Cl)ncnc43)C2)c1. The molecule has 1 aliphatic carbocycles. The Bertz CT molecular complexity index is 907. The number of benzene rings is 1. The average Bonchev–Trinajstić information content (AvgIpc) is 3.12. The van der Waals surface area contributed by atoms with Crippen LogP contribution in [0.2, 0.25) is 10.2 Å². The molecule has 7 heteroatoms. The summed E-state index contributed by atoms with van der Waals surface area (Å²) in [5, 5.41) is 11.7. The molecule has 124 valence electrons. The molecular formula is C17H14BrCl2N3O. The molecule has 1 aromatic carbocycles. The number of rotatable bonds is 2. The van der Waals surface area contributed by atoms with Crippen molar-refractivity contribution >= 4 is 50.2 Å². The molecule has 0 saturated heterocycles. The quantitative estimate of drug-likeness (QED) is 0.533. The van der Waals surface area contributed by atoms with E-state index in [-0.39, 0.29) is 5.75 Å². The molecule has 3 aromatic rings. The minimum absolute atomic E-state index is 0.217. The predicted molar refractivity (Wildman–Crippen MR) is 99.0 cm³/mol. The number of nitrogens with zero attached hydrogens (tertiary/aromatic N) is 3. The number of hydrogen-bond acceptors (Lipinski definition) is 3. The second kappa shape index (κ2) is 6.21. The molecule has 0 spiro atoms. The van der Waals surface area contributed by atoms with E-state index in [4.69, 9.17) is 23.2 Å². The van der Waals surface area contributed by atoms with Crippen molar-refractivity contribution in [3.05, 3.63) is 50.9 Å². The summed E-state index contributed by atoms with van der Waals surface area (Å²) >= 11 is 15.8. The van der Waals surface area contributed by atoms with Gasteiger partial charge in [0.15, 0.2) is 0 Å². The summed E-state index contributed by atoms with van der Waals surface area (Å²) in [7, 11) is 0. The summed E-state index contributed by atoms with van der Waals surface area (Å²) in [6, 6.07) is 5.64. The van der Waals surface area contributed by atoms with E-state index in [1.807, 2.05) is 18.3 Å². The average molecular weight is 427 g/mol. The first-order chi connectivity index (χ1) is 11.5. The van der Waals surface area contributed by atoms with Gasteiger partial charge in [0.1, 0.15) is 22.9 Å². The maximum atomic E-state index is 9.78. The summed E-state index contributed by atoms with van der Waals surface area (Å²) < 4.78 is 3.09. The fourth-order valence-electron chi connectivity index (χ4n) is 3.63. The van der Waals surface area contributed by atoms with E-state index < -0.39 is 0 Å². The molecule has 1 N–H and O–H groups in total. The van der Waals surface area contributed by atoms with Crippen LogP contribution in [-0.4, -0.2) is 19.6 Å². The van der Waals surface area contributed by atoms with Crippen LogP contribution in [0.1, 0.15) is 36.8 Å². The van der Waals surface area contributed by atoms with Crippen LogP contribution in [-0.2, 0) is 0 Å². The smallest absolute Gasteiger partial charge is 0.146 e. The number of fused-ring (bicyclic) bond motifs is 1. The molecule has 24 heavy (non-hydrogen) atoms. The van der Waals surface area contributed by atoms with E-state index in [0.29, 0.717) is 22.1 Å². The number of phenolic OH excluding ortho intramolecular Hbond substituents is 1. The van der Waals surface area contributed by atoms with E-state index in [9.17, 15) is 5.11 Å². The lowest BCUT2D eigenvalue weighted by Crippen LogP contribution is -2.05. The van der Waals surface area contributed by atoms with Crippen molar-refractivity contribution in [2.24, 2.45) is 0 Å². The first kappa shape index (κ1) is 16.2. The lowest BCUT2D eigenvalue weighted by Gasteiger charge is -2.15. The normalized spacial score (nSPS) is 20.8. The largest absolute Gasteiger partial charge is 0.508 e. The Morgan fingerprint density at radius 1 is 1.17 bits per heavy atom. The first-order valence-electron chi connectivity index (χ1n) is 7.69. The van der Waals surface area contributed by atoms with E-state index in [0.717, 1.165) is 40.3 Å². The van der Waals surface area contributed by atoms with Crippen molar-refractivity contribution in [3.8, 4) is 5.75 Å². The highest BCUT2D eigenvalue weighted by Crippen LogP contribution is 2.44. The van der Waals surface area contributed by atoms with E-state index in [1.165, 1.54) is 6.33 Å². The zero-order valence-corrected chi connectivity index (χ0v) is 15.7. The fourth-order valence-corrected chi connectivity index (χ4v) is 4.80. The third kappa shape index (κ3) is 2.79. The van der Waals surface area contributed by atoms with Crippen molar-refractivity contribution < 1.29 is 5.11 Å². The molecule has 2 heterocycles. The standard InChI is InChI=1S/C17H14BrCl2N3O/c18-14-7-23(17-15(14)16(20)21-8-22-17)12-2-1-9(4-12)10-3-11(19)6-13(24)5-10/h3,5-9,12,24H,1-2,4H2. The van der Waals surface area contributed by atoms with Gasteiger partial charge >= 0.3 is 0 Å². The van der Waals surface area contributed by atoms with Gasteiger partial charge in [0.25, 0.3) is 0 Å². The van der Waals surface area contributed by atoms with Crippen LogP contribution in [0, 0.1) is 0 Å². The van der Waals surface area contributed by atoms with Crippen LogP contribution in [0.3, 0.4) is 0 Å². The molecule has 1 fully saturated rings. The van der Waals surface area contributed by atoms with Crippen molar-refractivity contribution in [2.45, 2.75) is 31.2 Å². The van der Waals surface area contributed by atoms with Crippen LogP contribution in [0.4, 0.5) is 0 Å². The highest BCUT2D eigenvalue weighted by Gasteiger charge is 2.29. The van der Waals surface area contributed by atoms with Crippen LogP contribution < -0.4 is 0 Å². The number of hydrogen-bond donors (Lipinski definition) is 1. The first-order valence-corrected chi connectivity index (χ1v) is 9.24. The minimum atomic E-state index is 0.217. The van der Waals surface area contributed by atoms with E-state index >= 15 is 0 Å². The highest BCUT2D eigenvalue weighted by atomic mass is 79.9. The van der Waals surface area contributed by atoms with E-state index in [1.54, 1.807) is 6.07 Å². The summed E-state index contributed by atoms with van der Waals surface area (Å²) in [5.74, 6) is 0.586. The van der Waals surface area contributed by atoms with Gasteiger partial charge in [-0.1, -0.05) is 23.2 Å². The topological polar surface area (TPSA) is 50.9 Å². The van der Waals surface area contributed by atoms with Crippen molar-refractivity contribution in [3.63, 3.8) is 0 Å². The van der Waals surface area contributed by atoms with Gasteiger partial charge in [-0.05, 0) is 64.9 Å². The van der Waals surface area contributed by atoms with Gasteiger partial charge < -0.3 is 9.67 Å². The summed E-state index contributed by atoms with van der Waals surface area (Å²) in [4.78, 5) is 8.47. The molecule has 2 unspecified atom stereocenters. The number of aromatic nitrogens is 3. The Balaban J connectivity index is 1.67. The molecule has 4 rings (SSSR count). The van der Waals surface area contributed by atoms with Crippen LogP contribution in [0.5, 0.6) is 5.75 Å². The van der Waals surface area contributed by atoms with Gasteiger partial charge in [-0.3, -0.25) is 0 Å². The van der Waals surface area contributed by atoms with Crippen molar-refractivity contribution in [2.75, 3.05) is 0 Å². The molecule has 2 atom stereocenters. The maximum Gasteiger partial charge on any atom is 0.146 e. The Morgan fingerprint density at radius 2 is 2.00 bits per heavy atom. The fraction of sp³-hybridized carbons (Fsp3) is 0.294. The van der Waals surface area contributed by atoms with E-state index in [2.05, 4.69) is 30.5 Å². The third-order valence-electron chi connectivity index (χ3n) is 4.69. The van der Waals surface area contributed by atoms with Gasteiger partial charge in [0, 0.05) is 21.7 Å². The van der Waals surface area contributed by atoms with Gasteiger partial charge in [-0.2, -0.15) is 0 Å². The molecule has 2 aromatic heterocycles. The lowest BCUT2D eigenvalue weighted by molar-refractivity contribution is 0.473. The molecule has 0 aliphatic heterocycles. The Morgan fingerprint density at radius 3 is 2.79 bits per heavy atom. The molecular weight excluding hydrogens is 413 g/mol. The van der Waals surface area contributed by atoms with Crippen LogP contribution >= 0.6 is 39.1 Å². The number of halogens is 3. The zero-order chi connectivity index (χ0) is 16.8.